The highest BCUT2D eigenvalue weighted by Crippen LogP contribution is 2.33. The first-order valence-corrected chi connectivity index (χ1v) is 6.51. The van der Waals surface area contributed by atoms with Crippen molar-refractivity contribution in [2.45, 2.75) is 6.92 Å². The summed E-state index contributed by atoms with van der Waals surface area (Å²) in [7, 11) is 0. The highest BCUT2D eigenvalue weighted by Gasteiger charge is 2.20. The number of carbonyl (C=O) groups excluding carboxylic acids is 1. The number of amides is 1. The van der Waals surface area contributed by atoms with Gasteiger partial charge in [0.25, 0.3) is 11.6 Å². The molecular weight excluding hydrogens is 317 g/mol. The average molecular weight is 326 g/mol. The summed E-state index contributed by atoms with van der Waals surface area (Å²) in [5, 5.41) is 13.2. The summed E-state index contributed by atoms with van der Waals surface area (Å²) in [6, 6.07) is 4.08. The van der Waals surface area contributed by atoms with Crippen LogP contribution >= 0.6 is 23.2 Å². The summed E-state index contributed by atoms with van der Waals surface area (Å²) in [6.07, 6.45) is 3.08. The van der Waals surface area contributed by atoms with Gasteiger partial charge >= 0.3 is 0 Å². The molecule has 1 N–H and O–H groups in total. The molecule has 108 valence electrons. The van der Waals surface area contributed by atoms with Crippen LogP contribution in [-0.4, -0.2) is 15.8 Å². The van der Waals surface area contributed by atoms with Gasteiger partial charge in [-0.3, -0.25) is 19.9 Å². The van der Waals surface area contributed by atoms with Crippen molar-refractivity contribution in [3.63, 3.8) is 0 Å². The summed E-state index contributed by atoms with van der Waals surface area (Å²) in [6.45, 7) is 1.80. The van der Waals surface area contributed by atoms with Crippen LogP contribution < -0.4 is 5.32 Å². The van der Waals surface area contributed by atoms with Crippen LogP contribution in [-0.2, 0) is 0 Å². The van der Waals surface area contributed by atoms with E-state index in [9.17, 15) is 14.9 Å². The Kier molecular flexibility index (Phi) is 4.40. The Bertz CT molecular complexity index is 735. The number of carbonyl (C=O) groups is 1. The fraction of sp³-hybridized carbons (Fsp3) is 0.0769. The Morgan fingerprint density at radius 3 is 2.71 bits per heavy atom. The van der Waals surface area contributed by atoms with Crippen LogP contribution in [0.5, 0.6) is 0 Å². The van der Waals surface area contributed by atoms with Crippen molar-refractivity contribution in [3.8, 4) is 0 Å². The number of nitrogens with zero attached hydrogens (tertiary/aromatic N) is 2. The number of nitro groups is 1. The Morgan fingerprint density at radius 2 is 2.10 bits per heavy atom. The van der Waals surface area contributed by atoms with E-state index in [0.29, 0.717) is 5.69 Å². The van der Waals surface area contributed by atoms with Crippen LogP contribution in [0.4, 0.5) is 11.4 Å². The van der Waals surface area contributed by atoms with E-state index < -0.39 is 16.5 Å². The van der Waals surface area contributed by atoms with Crippen LogP contribution in [0.2, 0.25) is 10.0 Å². The van der Waals surface area contributed by atoms with Gasteiger partial charge in [0.05, 0.1) is 21.8 Å². The van der Waals surface area contributed by atoms with Crippen LogP contribution in [0.3, 0.4) is 0 Å². The fourth-order valence-corrected chi connectivity index (χ4v) is 2.02. The number of nitrogens with one attached hydrogen (secondary N) is 1. The Hall–Kier alpha value is -2.18. The lowest BCUT2D eigenvalue weighted by molar-refractivity contribution is -0.384. The summed E-state index contributed by atoms with van der Waals surface area (Å²) < 4.78 is 0. The van der Waals surface area contributed by atoms with Crippen molar-refractivity contribution in [3.05, 3.63) is 61.9 Å². The molecule has 1 aromatic heterocycles. The molecule has 1 aromatic carbocycles. The number of rotatable bonds is 3. The van der Waals surface area contributed by atoms with E-state index in [1.165, 1.54) is 12.3 Å². The van der Waals surface area contributed by atoms with Crippen LogP contribution in [0.15, 0.2) is 30.6 Å². The summed E-state index contributed by atoms with van der Waals surface area (Å²) in [5.41, 5.74) is 0.945. The van der Waals surface area contributed by atoms with E-state index in [1.807, 2.05) is 0 Å². The molecule has 0 spiro atoms. The molecule has 0 unspecified atom stereocenters. The zero-order valence-electron chi connectivity index (χ0n) is 10.8. The molecule has 1 amide bonds. The van der Waals surface area contributed by atoms with Crippen molar-refractivity contribution < 1.29 is 9.72 Å². The van der Waals surface area contributed by atoms with E-state index in [1.54, 1.807) is 19.2 Å². The first kappa shape index (κ1) is 15.2. The molecule has 0 atom stereocenters. The molecule has 1 heterocycles. The maximum absolute atomic E-state index is 12.1. The third kappa shape index (κ3) is 3.29. The number of halogens is 2. The van der Waals surface area contributed by atoms with Crippen molar-refractivity contribution in [2.24, 2.45) is 0 Å². The molecule has 8 heteroatoms. The number of aryl methyl sites for hydroxylation is 1. The van der Waals surface area contributed by atoms with Crippen molar-refractivity contribution >= 4 is 40.5 Å². The normalized spacial score (nSPS) is 10.2. The Morgan fingerprint density at radius 1 is 1.38 bits per heavy atom. The summed E-state index contributed by atoms with van der Waals surface area (Å²) in [5.74, 6) is -0.534. The van der Waals surface area contributed by atoms with Gasteiger partial charge in [0.15, 0.2) is 0 Å². The first-order valence-electron chi connectivity index (χ1n) is 5.75. The second-order valence-corrected chi connectivity index (χ2v) is 4.98. The monoisotopic (exact) mass is 325 g/mol. The van der Waals surface area contributed by atoms with E-state index in [2.05, 4.69) is 10.3 Å². The Labute approximate surface area is 129 Å². The number of hydrogen-bond donors (Lipinski definition) is 1. The van der Waals surface area contributed by atoms with Gasteiger partial charge in [0.1, 0.15) is 5.02 Å². The molecule has 2 aromatic rings. The zero-order chi connectivity index (χ0) is 15.6. The molecule has 0 fully saturated rings. The van der Waals surface area contributed by atoms with Gasteiger partial charge in [0.2, 0.25) is 0 Å². The first-order chi connectivity index (χ1) is 9.90. The molecule has 0 radical (unpaired) electrons. The van der Waals surface area contributed by atoms with Gasteiger partial charge in [0, 0.05) is 17.8 Å². The fourth-order valence-electron chi connectivity index (χ4n) is 1.63. The molecular formula is C13H9Cl2N3O3. The predicted octanol–water partition coefficient (Wildman–Crippen LogP) is 3.86. The van der Waals surface area contributed by atoms with Gasteiger partial charge in [-0.15, -0.1) is 0 Å². The molecule has 0 aliphatic heterocycles. The van der Waals surface area contributed by atoms with E-state index in [4.69, 9.17) is 23.2 Å². The largest absolute Gasteiger partial charge is 0.320 e. The lowest BCUT2D eigenvalue weighted by Gasteiger charge is -2.08. The minimum Gasteiger partial charge on any atom is -0.320 e. The number of nitro benzene ring substituents is 1. The van der Waals surface area contributed by atoms with Gasteiger partial charge in [-0.25, -0.2) is 0 Å². The van der Waals surface area contributed by atoms with Crippen LogP contribution in [0.25, 0.3) is 0 Å². The van der Waals surface area contributed by atoms with Gasteiger partial charge in [-0.2, -0.15) is 0 Å². The predicted molar refractivity (Wildman–Crippen MR) is 80.0 cm³/mol. The smallest absolute Gasteiger partial charge is 0.290 e. The van der Waals surface area contributed by atoms with Crippen molar-refractivity contribution in [1.82, 2.24) is 4.98 Å². The zero-order valence-corrected chi connectivity index (χ0v) is 12.3. The molecule has 0 aliphatic rings. The quantitative estimate of drug-likeness (QED) is 0.685. The highest BCUT2D eigenvalue weighted by molar-refractivity contribution is 6.43. The van der Waals surface area contributed by atoms with Gasteiger partial charge in [-0.05, 0) is 24.6 Å². The number of anilines is 1. The maximum atomic E-state index is 12.1. The SMILES string of the molecule is Cc1ccncc1NC(=O)c1cc(Cl)c(Cl)c([N+](=O)[O-])c1. The molecule has 2 rings (SSSR count). The number of pyridine rings is 1. The second kappa shape index (κ2) is 6.07. The van der Waals surface area contributed by atoms with Crippen LogP contribution in [0.1, 0.15) is 15.9 Å². The summed E-state index contributed by atoms with van der Waals surface area (Å²) in [4.78, 5) is 26.2. The maximum Gasteiger partial charge on any atom is 0.290 e. The van der Waals surface area contributed by atoms with Crippen LogP contribution in [0, 0.1) is 17.0 Å². The number of aromatic nitrogens is 1. The molecule has 6 nitrogen and oxygen atoms in total. The Balaban J connectivity index is 2.36. The lowest BCUT2D eigenvalue weighted by atomic mass is 10.1. The minimum absolute atomic E-state index is 0.0411. The van der Waals surface area contributed by atoms with E-state index in [-0.39, 0.29) is 15.6 Å². The highest BCUT2D eigenvalue weighted by atomic mass is 35.5. The molecule has 0 aliphatic carbocycles. The molecule has 0 saturated heterocycles. The number of benzene rings is 1. The number of hydrogen-bond acceptors (Lipinski definition) is 4. The topological polar surface area (TPSA) is 85.1 Å². The molecule has 0 saturated carbocycles. The molecule has 0 bridgehead atoms. The lowest BCUT2D eigenvalue weighted by Crippen LogP contribution is -2.13. The van der Waals surface area contributed by atoms with Crippen molar-refractivity contribution in [1.29, 1.82) is 0 Å². The second-order valence-electron chi connectivity index (χ2n) is 4.19. The standard InChI is InChI=1S/C13H9Cl2N3O3/c1-7-2-3-16-6-10(7)17-13(19)8-4-9(14)12(15)11(5-8)18(20)21/h2-6H,1H3,(H,17,19). The summed E-state index contributed by atoms with van der Waals surface area (Å²) >= 11 is 11.5. The third-order valence-electron chi connectivity index (χ3n) is 2.76. The van der Waals surface area contributed by atoms with Crippen molar-refractivity contribution in [2.75, 3.05) is 5.32 Å². The molecule has 21 heavy (non-hydrogen) atoms. The average Bonchev–Trinajstić information content (AvgIpc) is 2.43. The van der Waals surface area contributed by atoms with Gasteiger partial charge in [-0.1, -0.05) is 23.2 Å². The van der Waals surface area contributed by atoms with E-state index >= 15 is 0 Å². The van der Waals surface area contributed by atoms with Gasteiger partial charge < -0.3 is 5.32 Å². The van der Waals surface area contributed by atoms with E-state index in [0.717, 1.165) is 11.6 Å². The third-order valence-corrected chi connectivity index (χ3v) is 3.55. The minimum atomic E-state index is -0.694.